The van der Waals surface area contributed by atoms with Gasteiger partial charge >= 0.3 is 5.69 Å². The number of aromatic nitrogens is 2. The predicted molar refractivity (Wildman–Crippen MR) is 101 cm³/mol. The van der Waals surface area contributed by atoms with Gasteiger partial charge in [-0.05, 0) is 30.7 Å². The Balaban J connectivity index is 1.91. The number of amides is 1. The van der Waals surface area contributed by atoms with Crippen LogP contribution in [0.15, 0.2) is 58.1 Å². The molecule has 1 N–H and O–H groups in total. The van der Waals surface area contributed by atoms with Gasteiger partial charge in [0.2, 0.25) is 5.91 Å². The van der Waals surface area contributed by atoms with E-state index in [1.807, 2.05) is 18.2 Å². The highest BCUT2D eigenvalue weighted by atomic mass is 35.5. The second-order valence-electron chi connectivity index (χ2n) is 5.80. The molecule has 1 aromatic heterocycles. The molecule has 3 aromatic rings. The molecule has 0 atom stereocenters. The van der Waals surface area contributed by atoms with Gasteiger partial charge in [0.25, 0.3) is 5.56 Å². The van der Waals surface area contributed by atoms with Gasteiger partial charge in [-0.2, -0.15) is 0 Å². The smallest absolute Gasteiger partial charge is 0.331 e. The molecule has 0 saturated carbocycles. The van der Waals surface area contributed by atoms with Crippen LogP contribution in [0.3, 0.4) is 0 Å². The molecule has 0 saturated heterocycles. The number of hydrogen-bond acceptors (Lipinski definition) is 3. The highest BCUT2D eigenvalue weighted by Gasteiger charge is 2.14. The molecule has 6 nitrogen and oxygen atoms in total. The monoisotopic (exact) mass is 371 g/mol. The van der Waals surface area contributed by atoms with Crippen LogP contribution >= 0.6 is 11.6 Å². The molecular formula is C19H18ClN3O3. The van der Waals surface area contributed by atoms with E-state index < -0.39 is 5.69 Å². The van der Waals surface area contributed by atoms with Crippen LogP contribution in [0.25, 0.3) is 10.9 Å². The fraction of sp³-hybridized carbons (Fsp3) is 0.211. The van der Waals surface area contributed by atoms with Gasteiger partial charge in [-0.3, -0.25) is 18.7 Å². The van der Waals surface area contributed by atoms with Crippen molar-refractivity contribution in [2.45, 2.75) is 26.6 Å². The Kier molecular flexibility index (Phi) is 5.23. The largest absolute Gasteiger partial charge is 0.350 e. The third kappa shape index (κ3) is 3.41. The van der Waals surface area contributed by atoms with Crippen molar-refractivity contribution in [2.75, 3.05) is 0 Å². The zero-order valence-corrected chi connectivity index (χ0v) is 15.0. The lowest BCUT2D eigenvalue weighted by atomic mass is 10.2. The summed E-state index contributed by atoms with van der Waals surface area (Å²) in [5.74, 6) is -0.335. The number of nitrogens with one attached hydrogen (secondary N) is 1. The molecule has 0 aliphatic carbocycles. The first-order chi connectivity index (χ1) is 12.5. The van der Waals surface area contributed by atoms with Gasteiger partial charge in [-0.15, -0.1) is 0 Å². The zero-order valence-electron chi connectivity index (χ0n) is 14.2. The van der Waals surface area contributed by atoms with Crippen molar-refractivity contribution in [1.82, 2.24) is 14.5 Å². The van der Waals surface area contributed by atoms with E-state index in [1.165, 1.54) is 4.57 Å². The summed E-state index contributed by atoms with van der Waals surface area (Å²) >= 11 is 6.08. The fourth-order valence-electron chi connectivity index (χ4n) is 2.84. The van der Waals surface area contributed by atoms with Crippen molar-refractivity contribution in [3.05, 3.63) is 80.0 Å². The summed E-state index contributed by atoms with van der Waals surface area (Å²) in [7, 11) is 0. The van der Waals surface area contributed by atoms with Crippen LogP contribution in [0.5, 0.6) is 0 Å². The Morgan fingerprint density at radius 3 is 2.46 bits per heavy atom. The summed E-state index contributed by atoms with van der Waals surface area (Å²) in [4.78, 5) is 37.4. The van der Waals surface area contributed by atoms with Gasteiger partial charge in [0, 0.05) is 18.1 Å². The van der Waals surface area contributed by atoms with E-state index in [0.717, 1.165) is 10.1 Å². The molecule has 1 amide bonds. The maximum absolute atomic E-state index is 12.6. The second kappa shape index (κ2) is 7.58. The third-order valence-electron chi connectivity index (χ3n) is 4.18. The summed E-state index contributed by atoms with van der Waals surface area (Å²) in [6.07, 6.45) is 0. The van der Waals surface area contributed by atoms with Crippen LogP contribution in [0.4, 0.5) is 0 Å². The SMILES string of the molecule is CCn1c(=O)c2ccccc2n(CC(=O)NCc2ccccc2Cl)c1=O. The minimum atomic E-state index is -0.496. The molecule has 0 unspecified atom stereocenters. The average Bonchev–Trinajstić information content (AvgIpc) is 2.65. The molecule has 0 radical (unpaired) electrons. The van der Waals surface area contributed by atoms with Crippen LogP contribution in [0.1, 0.15) is 12.5 Å². The molecule has 0 aliphatic rings. The molecule has 1 heterocycles. The third-order valence-corrected chi connectivity index (χ3v) is 4.55. The number of carbonyl (C=O) groups excluding carboxylic acids is 1. The number of nitrogens with zero attached hydrogens (tertiary/aromatic N) is 2. The molecule has 26 heavy (non-hydrogen) atoms. The maximum Gasteiger partial charge on any atom is 0.331 e. The number of para-hydroxylation sites is 1. The predicted octanol–water partition coefficient (Wildman–Crippen LogP) is 2.15. The van der Waals surface area contributed by atoms with Crippen LogP contribution in [0, 0.1) is 0 Å². The zero-order chi connectivity index (χ0) is 18.7. The van der Waals surface area contributed by atoms with Crippen molar-refractivity contribution in [1.29, 1.82) is 0 Å². The molecule has 0 spiro atoms. The number of carbonyl (C=O) groups is 1. The van der Waals surface area contributed by atoms with Gasteiger partial charge < -0.3 is 5.32 Å². The van der Waals surface area contributed by atoms with Crippen LogP contribution in [0.2, 0.25) is 5.02 Å². The topological polar surface area (TPSA) is 73.1 Å². The van der Waals surface area contributed by atoms with Crippen molar-refractivity contribution in [3.8, 4) is 0 Å². The van der Waals surface area contributed by atoms with Gasteiger partial charge in [0.1, 0.15) is 6.54 Å². The van der Waals surface area contributed by atoms with Gasteiger partial charge in [-0.1, -0.05) is 41.9 Å². The summed E-state index contributed by atoms with van der Waals surface area (Å²) in [6, 6.07) is 14.0. The quantitative estimate of drug-likeness (QED) is 0.747. The van der Waals surface area contributed by atoms with Crippen LogP contribution in [-0.4, -0.2) is 15.0 Å². The highest BCUT2D eigenvalue weighted by Crippen LogP contribution is 2.14. The average molecular weight is 372 g/mol. The lowest BCUT2D eigenvalue weighted by Crippen LogP contribution is -2.42. The van der Waals surface area contributed by atoms with E-state index in [4.69, 9.17) is 11.6 Å². The Hall–Kier alpha value is -2.86. The summed E-state index contributed by atoms with van der Waals surface area (Å²) in [5.41, 5.74) is 0.392. The standard InChI is InChI=1S/C19H18ClN3O3/c1-2-22-18(25)14-8-4-6-10-16(14)23(19(22)26)12-17(24)21-11-13-7-3-5-9-15(13)20/h3-10H,2,11-12H2,1H3,(H,21,24). The Morgan fingerprint density at radius 1 is 1.04 bits per heavy atom. The Bertz CT molecular complexity index is 1090. The van der Waals surface area contributed by atoms with E-state index in [9.17, 15) is 14.4 Å². The van der Waals surface area contributed by atoms with E-state index in [2.05, 4.69) is 5.32 Å². The van der Waals surface area contributed by atoms with Crippen molar-refractivity contribution >= 4 is 28.4 Å². The molecule has 2 aromatic carbocycles. The van der Waals surface area contributed by atoms with E-state index in [1.54, 1.807) is 37.3 Å². The minimum absolute atomic E-state index is 0.177. The molecule has 0 bridgehead atoms. The Labute approximate surface area is 154 Å². The van der Waals surface area contributed by atoms with E-state index >= 15 is 0 Å². The normalized spacial score (nSPS) is 10.8. The first-order valence-electron chi connectivity index (χ1n) is 8.25. The summed E-state index contributed by atoms with van der Waals surface area (Å²) in [5, 5.41) is 3.74. The fourth-order valence-corrected chi connectivity index (χ4v) is 3.04. The molecule has 7 heteroatoms. The molecule has 0 fully saturated rings. The molecular weight excluding hydrogens is 354 g/mol. The number of halogens is 1. The lowest BCUT2D eigenvalue weighted by Gasteiger charge is -2.13. The first kappa shape index (κ1) is 17.9. The van der Waals surface area contributed by atoms with Crippen molar-refractivity contribution < 1.29 is 4.79 Å². The molecule has 134 valence electrons. The number of rotatable bonds is 5. The van der Waals surface area contributed by atoms with Crippen molar-refractivity contribution in [3.63, 3.8) is 0 Å². The van der Waals surface area contributed by atoms with Gasteiger partial charge in [-0.25, -0.2) is 4.79 Å². The minimum Gasteiger partial charge on any atom is -0.350 e. The molecule has 3 rings (SSSR count). The van der Waals surface area contributed by atoms with Crippen LogP contribution < -0.4 is 16.6 Å². The van der Waals surface area contributed by atoms with Crippen LogP contribution in [-0.2, 0) is 24.4 Å². The first-order valence-corrected chi connectivity index (χ1v) is 8.63. The number of hydrogen-bond donors (Lipinski definition) is 1. The second-order valence-corrected chi connectivity index (χ2v) is 6.21. The molecule has 0 aliphatic heterocycles. The lowest BCUT2D eigenvalue weighted by molar-refractivity contribution is -0.121. The van der Waals surface area contributed by atoms with Crippen molar-refractivity contribution in [2.24, 2.45) is 0 Å². The summed E-state index contributed by atoms with van der Waals surface area (Å²) in [6.45, 7) is 2.05. The number of fused-ring (bicyclic) bond motifs is 1. The highest BCUT2D eigenvalue weighted by molar-refractivity contribution is 6.31. The van der Waals surface area contributed by atoms with Gasteiger partial charge in [0.15, 0.2) is 0 Å². The number of benzene rings is 2. The van der Waals surface area contributed by atoms with E-state index in [0.29, 0.717) is 15.9 Å². The maximum atomic E-state index is 12.6. The summed E-state index contributed by atoms with van der Waals surface area (Å²) < 4.78 is 2.45. The van der Waals surface area contributed by atoms with Gasteiger partial charge in [0.05, 0.1) is 10.9 Å². The van der Waals surface area contributed by atoms with E-state index in [-0.39, 0.29) is 31.1 Å². The Morgan fingerprint density at radius 2 is 1.73 bits per heavy atom.